The lowest BCUT2D eigenvalue weighted by atomic mass is 10.1. The third kappa shape index (κ3) is 5.84. The molecule has 3 aromatic carbocycles. The Morgan fingerprint density at radius 1 is 1.03 bits per heavy atom. The number of fused-ring (bicyclic) bond motifs is 1. The van der Waals surface area contributed by atoms with Crippen LogP contribution in [0.5, 0.6) is 5.88 Å². The molecule has 8 heteroatoms. The van der Waals surface area contributed by atoms with Gasteiger partial charge in [-0.05, 0) is 76.8 Å². The first-order valence-corrected chi connectivity index (χ1v) is 11.9. The molecule has 180 valence electrons. The van der Waals surface area contributed by atoms with Crippen molar-refractivity contribution in [3.8, 4) is 5.88 Å². The van der Waals surface area contributed by atoms with Gasteiger partial charge in [-0.2, -0.15) is 0 Å². The second-order valence-corrected chi connectivity index (χ2v) is 9.03. The molecule has 0 spiro atoms. The van der Waals surface area contributed by atoms with Gasteiger partial charge in [0, 0.05) is 15.4 Å². The number of carbonyl (C=O) groups excluding carboxylic acids is 2. The van der Waals surface area contributed by atoms with Gasteiger partial charge in [-0.1, -0.05) is 54.6 Å². The second-order valence-electron chi connectivity index (χ2n) is 8.17. The van der Waals surface area contributed by atoms with Crippen LogP contribution < -0.4 is 5.32 Å². The van der Waals surface area contributed by atoms with Gasteiger partial charge < -0.3 is 15.4 Å². The molecule has 0 aliphatic rings. The number of hydrogen-bond donors (Lipinski definition) is 3. The lowest BCUT2D eigenvalue weighted by molar-refractivity contribution is -0.115. The monoisotopic (exact) mass is 542 g/mol. The fourth-order valence-corrected chi connectivity index (χ4v) is 4.30. The van der Waals surface area contributed by atoms with E-state index in [2.05, 4.69) is 36.5 Å². The van der Waals surface area contributed by atoms with E-state index in [4.69, 9.17) is 0 Å². The zero-order valence-corrected chi connectivity index (χ0v) is 21.2. The number of aryl methyl sites for hydroxylation is 1. The number of carbonyl (C=O) groups is 2. The summed E-state index contributed by atoms with van der Waals surface area (Å²) >= 11 is 3.46. The smallest absolute Gasteiger partial charge is 0.311 e. The number of allylic oxidation sites excluding steroid dienone is 2. The van der Waals surface area contributed by atoms with Crippen LogP contribution in [-0.4, -0.2) is 21.9 Å². The van der Waals surface area contributed by atoms with Crippen LogP contribution in [0.3, 0.4) is 0 Å². The summed E-state index contributed by atoms with van der Waals surface area (Å²) in [5.74, 6) is -1.43. The van der Waals surface area contributed by atoms with Gasteiger partial charge in [-0.25, -0.2) is 0 Å². The highest BCUT2D eigenvalue weighted by atomic mass is 79.9. The maximum atomic E-state index is 13.1. The number of aromatic nitrogens is 1. The second kappa shape index (κ2) is 11.0. The summed E-state index contributed by atoms with van der Waals surface area (Å²) in [6, 6.07) is 21.9. The minimum Gasteiger partial charge on any atom is -0.493 e. The Morgan fingerprint density at radius 3 is 2.39 bits per heavy atom. The molecule has 0 radical (unpaired) electrons. The average Bonchev–Trinajstić information content (AvgIpc) is 3.18. The predicted octanol–water partition coefficient (Wildman–Crippen LogP) is 6.97. The Labute approximate surface area is 216 Å². The van der Waals surface area contributed by atoms with Crippen molar-refractivity contribution in [2.75, 3.05) is 0 Å². The van der Waals surface area contributed by atoms with E-state index in [0.29, 0.717) is 16.5 Å². The number of halogens is 1. The van der Waals surface area contributed by atoms with Crippen molar-refractivity contribution in [3.05, 3.63) is 111 Å². The van der Waals surface area contributed by atoms with Crippen molar-refractivity contribution in [3.63, 3.8) is 0 Å². The summed E-state index contributed by atoms with van der Waals surface area (Å²) in [7, 11) is 0. The molecule has 2 amide bonds. The van der Waals surface area contributed by atoms with Crippen LogP contribution in [0.25, 0.3) is 17.0 Å². The van der Waals surface area contributed by atoms with Crippen LogP contribution >= 0.6 is 15.9 Å². The van der Waals surface area contributed by atoms with Gasteiger partial charge in [0.25, 0.3) is 5.91 Å². The molecular formula is C28H23BrN4O3. The summed E-state index contributed by atoms with van der Waals surface area (Å²) in [6.45, 7) is 3.72. The summed E-state index contributed by atoms with van der Waals surface area (Å²) in [4.78, 5) is 28.7. The Kier molecular flexibility index (Phi) is 7.56. The highest BCUT2D eigenvalue weighted by molar-refractivity contribution is 9.10. The van der Waals surface area contributed by atoms with Gasteiger partial charge in [0.15, 0.2) is 5.69 Å². The van der Waals surface area contributed by atoms with Crippen LogP contribution in [0.2, 0.25) is 0 Å². The van der Waals surface area contributed by atoms with Gasteiger partial charge in [0.1, 0.15) is 5.70 Å². The number of H-pyrrole nitrogens is 1. The molecule has 0 saturated heterocycles. The minimum atomic E-state index is -0.763. The SMILES string of the molecule is CC(=C/c1ccccc1)/C=C(/NC(=O)c1ccccc1)C(=O)N=Nc1c(O)[nH]c2c(Br)cc(C)cc12. The molecule has 0 saturated carbocycles. The van der Waals surface area contributed by atoms with E-state index in [9.17, 15) is 14.7 Å². The van der Waals surface area contributed by atoms with Crippen LogP contribution in [0.1, 0.15) is 28.4 Å². The van der Waals surface area contributed by atoms with E-state index in [0.717, 1.165) is 21.2 Å². The molecule has 1 aromatic heterocycles. The van der Waals surface area contributed by atoms with E-state index >= 15 is 0 Å². The van der Waals surface area contributed by atoms with Crippen molar-refractivity contribution >= 4 is 50.4 Å². The van der Waals surface area contributed by atoms with Crippen LogP contribution in [0.4, 0.5) is 5.69 Å². The molecule has 0 aliphatic heterocycles. The Morgan fingerprint density at radius 2 is 1.69 bits per heavy atom. The molecule has 36 heavy (non-hydrogen) atoms. The van der Waals surface area contributed by atoms with Gasteiger partial charge in [-0.3, -0.25) is 9.59 Å². The first-order chi connectivity index (χ1) is 17.3. The van der Waals surface area contributed by atoms with Gasteiger partial charge >= 0.3 is 5.91 Å². The largest absolute Gasteiger partial charge is 0.493 e. The van der Waals surface area contributed by atoms with Gasteiger partial charge in [0.2, 0.25) is 5.88 Å². The number of rotatable bonds is 6. The average molecular weight is 543 g/mol. The minimum absolute atomic E-state index is 0.0472. The summed E-state index contributed by atoms with van der Waals surface area (Å²) < 4.78 is 0.748. The predicted molar refractivity (Wildman–Crippen MR) is 144 cm³/mol. The number of nitrogens with one attached hydrogen (secondary N) is 2. The molecule has 4 rings (SSSR count). The van der Waals surface area contributed by atoms with Crippen molar-refractivity contribution in [2.45, 2.75) is 13.8 Å². The molecule has 0 aliphatic carbocycles. The van der Waals surface area contributed by atoms with Crippen LogP contribution in [0.15, 0.2) is 105 Å². The zero-order valence-electron chi connectivity index (χ0n) is 19.6. The summed E-state index contributed by atoms with van der Waals surface area (Å²) in [5.41, 5.74) is 3.72. The lowest BCUT2D eigenvalue weighted by Gasteiger charge is -2.07. The molecule has 4 aromatic rings. The third-order valence-corrected chi connectivity index (χ3v) is 5.90. The highest BCUT2D eigenvalue weighted by Gasteiger charge is 2.17. The van der Waals surface area contributed by atoms with E-state index in [1.54, 1.807) is 36.4 Å². The number of azo groups is 1. The fourth-order valence-electron chi connectivity index (χ4n) is 3.63. The fraction of sp³-hybridized carbons (Fsp3) is 0.0714. The van der Waals surface area contributed by atoms with E-state index < -0.39 is 11.8 Å². The number of aromatic hydroxyl groups is 1. The van der Waals surface area contributed by atoms with E-state index in [-0.39, 0.29) is 17.3 Å². The highest BCUT2D eigenvalue weighted by Crippen LogP contribution is 2.39. The summed E-state index contributed by atoms with van der Waals surface area (Å²) in [6.07, 6.45) is 3.43. The van der Waals surface area contributed by atoms with Gasteiger partial charge in [-0.15, -0.1) is 10.2 Å². The van der Waals surface area contributed by atoms with Crippen molar-refractivity contribution in [2.24, 2.45) is 10.2 Å². The topological polar surface area (TPSA) is 107 Å². The number of benzene rings is 3. The van der Waals surface area contributed by atoms with Crippen LogP contribution in [0, 0.1) is 6.92 Å². The van der Waals surface area contributed by atoms with Gasteiger partial charge in [0.05, 0.1) is 5.52 Å². The number of aromatic amines is 1. The molecule has 0 fully saturated rings. The molecular weight excluding hydrogens is 520 g/mol. The van der Waals surface area contributed by atoms with Crippen molar-refractivity contribution in [1.82, 2.24) is 10.3 Å². The maximum absolute atomic E-state index is 13.1. The molecule has 0 bridgehead atoms. The summed E-state index contributed by atoms with van der Waals surface area (Å²) in [5, 5.41) is 21.5. The standard InChI is InChI=1S/C28H23BrN4O3/c1-17(13-19-9-5-3-6-10-19)16-23(30-26(34)20-11-7-4-8-12-20)27(35)33-32-25-21-14-18(2)15-22(29)24(21)31-28(25)36/h3-16,31,36H,1-2H3,(H,30,34)/b17-13-,23-16+,33-32?. The lowest BCUT2D eigenvalue weighted by Crippen LogP contribution is -2.26. The molecule has 0 atom stereocenters. The first kappa shape index (κ1) is 24.8. The maximum Gasteiger partial charge on any atom is 0.311 e. The Bertz CT molecular complexity index is 1520. The number of hydrogen-bond acceptors (Lipinski definition) is 4. The zero-order chi connectivity index (χ0) is 25.7. The Balaban J connectivity index is 1.68. The molecule has 0 unspecified atom stereocenters. The van der Waals surface area contributed by atoms with Crippen molar-refractivity contribution in [1.29, 1.82) is 0 Å². The number of nitrogens with zero attached hydrogens (tertiary/aromatic N) is 2. The third-order valence-electron chi connectivity index (χ3n) is 5.28. The van der Waals surface area contributed by atoms with E-state index in [1.807, 2.05) is 62.4 Å². The van der Waals surface area contributed by atoms with E-state index in [1.165, 1.54) is 0 Å². The quantitative estimate of drug-likeness (QED) is 0.139. The first-order valence-electron chi connectivity index (χ1n) is 11.1. The van der Waals surface area contributed by atoms with Crippen molar-refractivity contribution < 1.29 is 14.7 Å². The van der Waals surface area contributed by atoms with Crippen LogP contribution in [-0.2, 0) is 4.79 Å². The Hall–Kier alpha value is -4.30. The molecule has 1 heterocycles. The number of amides is 2. The normalized spacial score (nSPS) is 12.3. The molecule has 7 nitrogen and oxygen atoms in total. The molecule has 3 N–H and O–H groups in total.